The summed E-state index contributed by atoms with van der Waals surface area (Å²) in [5, 5.41) is 7.72. The van der Waals surface area contributed by atoms with Crippen LogP contribution in [0.1, 0.15) is 47.2 Å². The fourth-order valence-corrected chi connectivity index (χ4v) is 4.15. The van der Waals surface area contributed by atoms with Crippen LogP contribution >= 0.6 is 0 Å². The zero-order valence-electron chi connectivity index (χ0n) is 16.5. The van der Waals surface area contributed by atoms with Crippen molar-refractivity contribution in [2.75, 3.05) is 11.9 Å². The van der Waals surface area contributed by atoms with Gasteiger partial charge in [0.25, 0.3) is 5.91 Å². The second-order valence-corrected chi connectivity index (χ2v) is 7.96. The molecule has 4 nitrogen and oxygen atoms in total. The molecule has 0 unspecified atom stereocenters. The molecule has 29 heavy (non-hydrogen) atoms. The van der Waals surface area contributed by atoms with Gasteiger partial charge in [-0.1, -0.05) is 30.3 Å². The Bertz CT molecular complexity index is 1110. The molecule has 0 bridgehead atoms. The van der Waals surface area contributed by atoms with Crippen molar-refractivity contribution in [1.29, 1.82) is 0 Å². The van der Waals surface area contributed by atoms with Gasteiger partial charge in [-0.2, -0.15) is 0 Å². The molecule has 0 atom stereocenters. The highest BCUT2D eigenvalue weighted by molar-refractivity contribution is 5.97. The highest BCUT2D eigenvalue weighted by atomic mass is 16.1. The van der Waals surface area contributed by atoms with Gasteiger partial charge >= 0.3 is 0 Å². The van der Waals surface area contributed by atoms with Crippen LogP contribution in [-0.4, -0.2) is 17.4 Å². The van der Waals surface area contributed by atoms with Gasteiger partial charge in [0.15, 0.2) is 0 Å². The van der Waals surface area contributed by atoms with Crippen molar-refractivity contribution in [2.24, 2.45) is 0 Å². The predicted molar refractivity (Wildman–Crippen MR) is 117 cm³/mol. The monoisotopic (exact) mass is 383 g/mol. The van der Waals surface area contributed by atoms with Gasteiger partial charge in [0.2, 0.25) is 0 Å². The Morgan fingerprint density at radius 3 is 2.72 bits per heavy atom. The molecule has 0 radical (unpaired) electrons. The van der Waals surface area contributed by atoms with E-state index < -0.39 is 0 Å². The van der Waals surface area contributed by atoms with Crippen molar-refractivity contribution in [3.8, 4) is 0 Å². The first-order valence-electron chi connectivity index (χ1n) is 10.5. The van der Waals surface area contributed by atoms with Crippen molar-refractivity contribution >= 4 is 22.5 Å². The summed E-state index contributed by atoms with van der Waals surface area (Å²) in [5.74, 6) is -0.0844. The molecule has 3 aromatic rings. The summed E-state index contributed by atoms with van der Waals surface area (Å²) in [5.41, 5.74) is 8.18. The topological polar surface area (TPSA) is 54.0 Å². The maximum atomic E-state index is 12.7. The number of hydrogen-bond donors (Lipinski definition) is 2. The van der Waals surface area contributed by atoms with E-state index in [1.165, 1.54) is 41.6 Å². The van der Waals surface area contributed by atoms with Gasteiger partial charge in [0.1, 0.15) is 0 Å². The smallest absolute Gasteiger partial charge is 0.253 e. The number of aryl methyl sites for hydroxylation is 1. The van der Waals surface area contributed by atoms with Crippen LogP contribution in [0.5, 0.6) is 0 Å². The third-order valence-corrected chi connectivity index (χ3v) is 5.89. The van der Waals surface area contributed by atoms with Gasteiger partial charge in [-0.25, -0.2) is 0 Å². The number of fused-ring (bicyclic) bond motifs is 2. The Balaban J connectivity index is 1.31. The van der Waals surface area contributed by atoms with Gasteiger partial charge in [0.05, 0.1) is 17.6 Å². The number of pyridine rings is 1. The average molecular weight is 383 g/mol. The largest absolute Gasteiger partial charge is 0.357 e. The molecule has 2 aliphatic carbocycles. The molecular formula is C25H25N3O. The number of para-hydroxylation sites is 1. The van der Waals surface area contributed by atoms with E-state index in [-0.39, 0.29) is 5.91 Å². The first-order chi connectivity index (χ1) is 14.3. The van der Waals surface area contributed by atoms with E-state index in [1.54, 1.807) is 6.20 Å². The first-order valence-corrected chi connectivity index (χ1v) is 10.5. The Morgan fingerprint density at radius 2 is 1.83 bits per heavy atom. The van der Waals surface area contributed by atoms with Crippen LogP contribution in [0.25, 0.3) is 10.9 Å². The molecule has 146 valence electrons. The van der Waals surface area contributed by atoms with Gasteiger partial charge in [-0.05, 0) is 73.4 Å². The Hall–Kier alpha value is -3.14. The maximum absolute atomic E-state index is 12.7. The van der Waals surface area contributed by atoms with E-state index in [0.29, 0.717) is 12.1 Å². The van der Waals surface area contributed by atoms with Crippen molar-refractivity contribution in [1.82, 2.24) is 10.3 Å². The Kier molecular flexibility index (Phi) is 4.76. The number of anilines is 1. The highest BCUT2D eigenvalue weighted by Gasteiger charge is 2.21. The number of benzene rings is 2. The minimum absolute atomic E-state index is 0.0844. The van der Waals surface area contributed by atoms with Crippen LogP contribution in [0, 0.1) is 0 Å². The van der Waals surface area contributed by atoms with Crippen LogP contribution in [0.15, 0.2) is 66.0 Å². The molecule has 1 heterocycles. The number of carbonyl (C=O) groups is 1. The third kappa shape index (κ3) is 3.88. The molecule has 1 fully saturated rings. The van der Waals surface area contributed by atoms with Crippen molar-refractivity contribution in [2.45, 2.75) is 38.5 Å². The number of nitrogens with zero attached hydrogens (tertiary/aromatic N) is 1. The molecule has 1 aromatic heterocycles. The minimum atomic E-state index is -0.0844. The van der Waals surface area contributed by atoms with Crippen LogP contribution in [-0.2, 0) is 12.8 Å². The van der Waals surface area contributed by atoms with E-state index >= 15 is 0 Å². The number of rotatable bonds is 5. The van der Waals surface area contributed by atoms with E-state index in [2.05, 4.69) is 33.8 Å². The molecule has 2 aromatic carbocycles. The lowest BCUT2D eigenvalue weighted by Gasteiger charge is -2.21. The fraction of sp³-hybridized carbons (Fsp3) is 0.280. The number of aromatic nitrogens is 1. The Labute approximate surface area is 171 Å². The lowest BCUT2D eigenvalue weighted by molar-refractivity contribution is 0.0957. The second-order valence-electron chi connectivity index (χ2n) is 7.96. The quantitative estimate of drug-likeness (QED) is 0.652. The zero-order valence-corrected chi connectivity index (χ0v) is 16.5. The molecule has 1 amide bonds. The number of amides is 1. The van der Waals surface area contributed by atoms with Gasteiger partial charge in [0, 0.05) is 23.0 Å². The highest BCUT2D eigenvalue weighted by Crippen LogP contribution is 2.34. The molecule has 2 N–H and O–H groups in total. The summed E-state index contributed by atoms with van der Waals surface area (Å²) >= 11 is 0. The van der Waals surface area contributed by atoms with Crippen molar-refractivity contribution in [3.05, 3.63) is 82.7 Å². The minimum Gasteiger partial charge on any atom is -0.357 e. The molecule has 2 aliphatic rings. The second kappa shape index (κ2) is 7.70. The molecule has 0 aliphatic heterocycles. The van der Waals surface area contributed by atoms with E-state index in [1.807, 2.05) is 30.3 Å². The van der Waals surface area contributed by atoms with Gasteiger partial charge < -0.3 is 10.6 Å². The summed E-state index contributed by atoms with van der Waals surface area (Å²) in [7, 11) is 0. The summed E-state index contributed by atoms with van der Waals surface area (Å²) < 4.78 is 0. The lowest BCUT2D eigenvalue weighted by atomic mass is 9.90. The molecule has 1 saturated carbocycles. The summed E-state index contributed by atoms with van der Waals surface area (Å²) in [6.07, 6.45) is 8.72. The molecule has 4 heteroatoms. The van der Waals surface area contributed by atoms with Crippen LogP contribution in [0.3, 0.4) is 0 Å². The number of hydrogen-bond acceptors (Lipinski definition) is 3. The first kappa shape index (κ1) is 17.9. The number of nitrogens with one attached hydrogen (secondary N) is 2. The van der Waals surface area contributed by atoms with E-state index in [4.69, 9.17) is 0 Å². The predicted octanol–water partition coefficient (Wildman–Crippen LogP) is 5.00. The summed E-state index contributed by atoms with van der Waals surface area (Å²) in [6, 6.07) is 16.3. The molecular weight excluding hydrogens is 358 g/mol. The fourth-order valence-electron chi connectivity index (χ4n) is 4.15. The SMILES string of the molecule is O=C(NCC(Nc1cccc2c1CCCC2)=C1CC1)c1cnc2ccccc2c1. The number of allylic oxidation sites excluding steroid dienone is 1. The van der Waals surface area contributed by atoms with E-state index in [9.17, 15) is 4.79 Å². The summed E-state index contributed by atoms with van der Waals surface area (Å²) in [6.45, 7) is 0.519. The lowest BCUT2D eigenvalue weighted by Crippen LogP contribution is -2.28. The van der Waals surface area contributed by atoms with Crippen LogP contribution in [0.2, 0.25) is 0 Å². The standard InChI is InChI=1S/C25H25N3O/c29-25(20-14-19-7-2-4-10-22(19)26-15-20)27-16-24(18-12-13-18)28-23-11-5-8-17-6-1-3-9-21(17)23/h2,4-5,7-8,10-11,14-15,28H,1,3,6,9,12-13,16H2,(H,27,29). The zero-order chi connectivity index (χ0) is 19.6. The summed E-state index contributed by atoms with van der Waals surface area (Å²) in [4.78, 5) is 17.1. The third-order valence-electron chi connectivity index (χ3n) is 5.89. The van der Waals surface area contributed by atoms with Crippen molar-refractivity contribution in [3.63, 3.8) is 0 Å². The van der Waals surface area contributed by atoms with Crippen molar-refractivity contribution < 1.29 is 4.79 Å². The normalized spacial score (nSPS) is 15.0. The van der Waals surface area contributed by atoms with Gasteiger partial charge in [-0.15, -0.1) is 0 Å². The van der Waals surface area contributed by atoms with Crippen LogP contribution in [0.4, 0.5) is 5.69 Å². The Morgan fingerprint density at radius 1 is 0.966 bits per heavy atom. The molecule has 0 spiro atoms. The van der Waals surface area contributed by atoms with Crippen LogP contribution < -0.4 is 10.6 Å². The maximum Gasteiger partial charge on any atom is 0.253 e. The van der Waals surface area contributed by atoms with E-state index in [0.717, 1.165) is 35.9 Å². The molecule has 0 saturated heterocycles. The average Bonchev–Trinajstić information content (AvgIpc) is 3.61. The number of carbonyl (C=O) groups excluding carboxylic acids is 1. The van der Waals surface area contributed by atoms with Gasteiger partial charge in [-0.3, -0.25) is 9.78 Å². The molecule has 5 rings (SSSR count).